The van der Waals surface area contributed by atoms with Gasteiger partial charge in [-0.1, -0.05) is 34.6 Å². The van der Waals surface area contributed by atoms with Gasteiger partial charge in [0.2, 0.25) is 5.88 Å². The fourth-order valence-corrected chi connectivity index (χ4v) is 2.77. The molecule has 0 atom stereocenters. The molecule has 0 saturated heterocycles. The first-order valence-electron chi connectivity index (χ1n) is 7.08. The van der Waals surface area contributed by atoms with Gasteiger partial charge < -0.3 is 10.1 Å². The molecule has 1 aromatic rings. The van der Waals surface area contributed by atoms with Gasteiger partial charge in [-0.3, -0.25) is 0 Å². The highest BCUT2D eigenvalue weighted by Crippen LogP contribution is 2.68. The van der Waals surface area contributed by atoms with Crippen LogP contribution in [-0.2, 0) is 0 Å². The quantitative estimate of drug-likeness (QED) is 0.855. The standard InChI is InChI=1S/C15H25N3O/c1-6-7-19-13-8-12(17-10-18-13)16-9-11-14(2,3)15(11,4)5/h8,10-11H,6-7,9H2,1-5H3,(H,16,17,18). The van der Waals surface area contributed by atoms with Gasteiger partial charge in [0.15, 0.2) is 0 Å². The molecular weight excluding hydrogens is 238 g/mol. The van der Waals surface area contributed by atoms with Gasteiger partial charge in [-0.25, -0.2) is 9.97 Å². The number of hydrogen-bond donors (Lipinski definition) is 1. The normalized spacial score (nSPS) is 20.1. The van der Waals surface area contributed by atoms with Gasteiger partial charge in [-0.05, 0) is 23.2 Å². The molecule has 1 heterocycles. The largest absolute Gasteiger partial charge is 0.478 e. The lowest BCUT2D eigenvalue weighted by Crippen LogP contribution is -2.09. The molecule has 0 aliphatic heterocycles. The highest BCUT2D eigenvalue weighted by Gasteiger charge is 2.64. The van der Waals surface area contributed by atoms with E-state index in [4.69, 9.17) is 4.74 Å². The molecule has 1 aliphatic rings. The van der Waals surface area contributed by atoms with Gasteiger partial charge in [-0.2, -0.15) is 0 Å². The fourth-order valence-electron chi connectivity index (χ4n) is 2.77. The molecule has 0 spiro atoms. The van der Waals surface area contributed by atoms with Crippen molar-refractivity contribution in [1.82, 2.24) is 9.97 Å². The molecule has 0 unspecified atom stereocenters. The maximum atomic E-state index is 5.51. The van der Waals surface area contributed by atoms with Crippen LogP contribution in [0.15, 0.2) is 12.4 Å². The van der Waals surface area contributed by atoms with E-state index in [-0.39, 0.29) is 0 Å². The first-order valence-corrected chi connectivity index (χ1v) is 7.08. The Kier molecular flexibility index (Phi) is 3.70. The van der Waals surface area contributed by atoms with Crippen LogP contribution in [0.25, 0.3) is 0 Å². The predicted molar refractivity (Wildman–Crippen MR) is 77.4 cm³/mol. The molecule has 106 valence electrons. The second-order valence-corrected chi connectivity index (χ2v) is 6.47. The minimum Gasteiger partial charge on any atom is -0.478 e. The van der Waals surface area contributed by atoms with E-state index in [0.717, 1.165) is 18.8 Å². The van der Waals surface area contributed by atoms with Crippen molar-refractivity contribution in [3.63, 3.8) is 0 Å². The van der Waals surface area contributed by atoms with Crippen LogP contribution in [-0.4, -0.2) is 23.1 Å². The van der Waals surface area contributed by atoms with Crippen molar-refractivity contribution >= 4 is 5.82 Å². The van der Waals surface area contributed by atoms with E-state index in [1.807, 2.05) is 6.07 Å². The summed E-state index contributed by atoms with van der Waals surface area (Å²) in [6.07, 6.45) is 2.54. The molecule has 19 heavy (non-hydrogen) atoms. The molecule has 2 rings (SSSR count). The summed E-state index contributed by atoms with van der Waals surface area (Å²) < 4.78 is 5.51. The Balaban J connectivity index is 1.90. The predicted octanol–water partition coefficient (Wildman–Crippen LogP) is 3.36. The summed E-state index contributed by atoms with van der Waals surface area (Å²) >= 11 is 0. The average Bonchev–Trinajstić information content (AvgIpc) is 2.75. The van der Waals surface area contributed by atoms with Crippen LogP contribution in [0, 0.1) is 16.7 Å². The molecule has 0 bridgehead atoms. The lowest BCUT2D eigenvalue weighted by Gasteiger charge is -2.08. The summed E-state index contributed by atoms with van der Waals surface area (Å²) in [5.41, 5.74) is 0.795. The smallest absolute Gasteiger partial charge is 0.218 e. The monoisotopic (exact) mass is 263 g/mol. The van der Waals surface area contributed by atoms with Gasteiger partial charge in [-0.15, -0.1) is 0 Å². The molecule has 1 fully saturated rings. The van der Waals surface area contributed by atoms with Crippen LogP contribution in [0.1, 0.15) is 41.0 Å². The minimum absolute atomic E-state index is 0.397. The van der Waals surface area contributed by atoms with Crippen molar-refractivity contribution < 1.29 is 4.74 Å². The number of nitrogens with zero attached hydrogens (tertiary/aromatic N) is 2. The van der Waals surface area contributed by atoms with Gasteiger partial charge >= 0.3 is 0 Å². The Bertz CT molecular complexity index is 429. The molecule has 4 heteroatoms. The zero-order chi connectivity index (χ0) is 14.1. The molecule has 0 amide bonds. The second-order valence-electron chi connectivity index (χ2n) is 6.47. The summed E-state index contributed by atoms with van der Waals surface area (Å²) in [5, 5.41) is 3.40. The fraction of sp³-hybridized carbons (Fsp3) is 0.733. The third kappa shape index (κ3) is 2.67. The van der Waals surface area contributed by atoms with E-state index in [9.17, 15) is 0 Å². The Morgan fingerprint density at radius 1 is 1.21 bits per heavy atom. The van der Waals surface area contributed by atoms with Crippen LogP contribution >= 0.6 is 0 Å². The Hall–Kier alpha value is -1.32. The summed E-state index contributed by atoms with van der Waals surface area (Å²) in [7, 11) is 0. The zero-order valence-electron chi connectivity index (χ0n) is 12.7. The third-order valence-electron chi connectivity index (χ3n) is 4.90. The van der Waals surface area contributed by atoms with E-state index in [1.54, 1.807) is 6.33 Å². The molecule has 4 nitrogen and oxygen atoms in total. The Labute approximate surface area is 116 Å². The van der Waals surface area contributed by atoms with Crippen molar-refractivity contribution in [3.8, 4) is 5.88 Å². The molecule has 1 aromatic heterocycles. The second kappa shape index (κ2) is 4.99. The minimum atomic E-state index is 0.397. The third-order valence-corrected chi connectivity index (χ3v) is 4.90. The molecule has 1 aliphatic carbocycles. The van der Waals surface area contributed by atoms with Gasteiger partial charge in [0.25, 0.3) is 0 Å². The first kappa shape index (κ1) is 14.1. The maximum Gasteiger partial charge on any atom is 0.218 e. The van der Waals surface area contributed by atoms with Crippen LogP contribution in [0.5, 0.6) is 5.88 Å². The Morgan fingerprint density at radius 2 is 1.89 bits per heavy atom. The van der Waals surface area contributed by atoms with Gasteiger partial charge in [0.05, 0.1) is 6.61 Å². The number of hydrogen-bond acceptors (Lipinski definition) is 4. The summed E-state index contributed by atoms with van der Waals surface area (Å²) in [6, 6.07) is 1.87. The molecule has 0 radical (unpaired) electrons. The zero-order valence-corrected chi connectivity index (χ0v) is 12.7. The number of anilines is 1. The van der Waals surface area contributed by atoms with Crippen molar-refractivity contribution in [2.24, 2.45) is 16.7 Å². The maximum absolute atomic E-state index is 5.51. The molecular formula is C15H25N3O. The highest BCUT2D eigenvalue weighted by molar-refractivity contribution is 5.38. The van der Waals surface area contributed by atoms with Crippen LogP contribution in [0.4, 0.5) is 5.82 Å². The molecule has 1 N–H and O–H groups in total. The average molecular weight is 263 g/mol. The van der Waals surface area contributed by atoms with E-state index in [1.165, 1.54) is 0 Å². The van der Waals surface area contributed by atoms with Crippen LogP contribution in [0.2, 0.25) is 0 Å². The van der Waals surface area contributed by atoms with Crippen molar-refractivity contribution in [2.75, 3.05) is 18.5 Å². The summed E-state index contributed by atoms with van der Waals surface area (Å²) in [6.45, 7) is 13.0. The number of nitrogens with one attached hydrogen (secondary N) is 1. The van der Waals surface area contributed by atoms with E-state index in [0.29, 0.717) is 29.2 Å². The molecule has 1 saturated carbocycles. The van der Waals surface area contributed by atoms with Crippen molar-refractivity contribution in [1.29, 1.82) is 0 Å². The summed E-state index contributed by atoms with van der Waals surface area (Å²) in [4.78, 5) is 8.34. The number of rotatable bonds is 6. The van der Waals surface area contributed by atoms with Gasteiger partial charge in [0, 0.05) is 12.6 Å². The first-order chi connectivity index (χ1) is 8.89. The number of aromatic nitrogens is 2. The van der Waals surface area contributed by atoms with E-state index < -0.39 is 0 Å². The van der Waals surface area contributed by atoms with Crippen LogP contribution in [0.3, 0.4) is 0 Å². The molecule has 0 aromatic carbocycles. The van der Waals surface area contributed by atoms with E-state index in [2.05, 4.69) is 49.9 Å². The summed E-state index contributed by atoms with van der Waals surface area (Å²) in [5.74, 6) is 2.17. The van der Waals surface area contributed by atoms with Crippen molar-refractivity contribution in [3.05, 3.63) is 12.4 Å². The van der Waals surface area contributed by atoms with Crippen molar-refractivity contribution in [2.45, 2.75) is 41.0 Å². The van der Waals surface area contributed by atoms with E-state index >= 15 is 0 Å². The van der Waals surface area contributed by atoms with Crippen LogP contribution < -0.4 is 10.1 Å². The lowest BCUT2D eigenvalue weighted by molar-refractivity contribution is 0.305. The lowest BCUT2D eigenvalue weighted by atomic mass is 10.0. The number of ether oxygens (including phenoxy) is 1. The SMILES string of the molecule is CCCOc1cc(NCC2C(C)(C)C2(C)C)ncn1. The van der Waals surface area contributed by atoms with Gasteiger partial charge in [0.1, 0.15) is 12.1 Å². The Morgan fingerprint density at radius 3 is 2.47 bits per heavy atom. The topological polar surface area (TPSA) is 47.0 Å². The highest BCUT2D eigenvalue weighted by atomic mass is 16.5.